The van der Waals surface area contributed by atoms with Crippen LogP contribution in [0.3, 0.4) is 0 Å². The van der Waals surface area contributed by atoms with Gasteiger partial charge in [0.1, 0.15) is 11.4 Å². The minimum atomic E-state index is -3.13. The highest BCUT2D eigenvalue weighted by molar-refractivity contribution is 7.88. The number of aryl methyl sites for hydroxylation is 1. The van der Waals surface area contributed by atoms with Crippen LogP contribution in [0.25, 0.3) is 0 Å². The molecule has 0 spiro atoms. The van der Waals surface area contributed by atoms with E-state index in [1.54, 1.807) is 6.07 Å². The van der Waals surface area contributed by atoms with Gasteiger partial charge >= 0.3 is 0 Å². The van der Waals surface area contributed by atoms with Gasteiger partial charge in [-0.1, -0.05) is 0 Å². The van der Waals surface area contributed by atoms with E-state index in [0.717, 1.165) is 18.5 Å². The van der Waals surface area contributed by atoms with E-state index in [0.29, 0.717) is 31.1 Å². The third kappa shape index (κ3) is 4.39. The van der Waals surface area contributed by atoms with Gasteiger partial charge in [0.25, 0.3) is 0 Å². The molecular weight excluding hydrogens is 292 g/mol. The second-order valence-electron chi connectivity index (χ2n) is 5.50. The number of rotatable bonds is 5. The smallest absolute Gasteiger partial charge is 0.211 e. The summed E-state index contributed by atoms with van der Waals surface area (Å²) in [6.07, 6.45) is 3.03. The lowest BCUT2D eigenvalue weighted by molar-refractivity contribution is 0.175. The molecule has 1 unspecified atom stereocenters. The highest BCUT2D eigenvalue weighted by atomic mass is 32.2. The van der Waals surface area contributed by atoms with Crippen molar-refractivity contribution in [2.24, 2.45) is 5.92 Å². The lowest BCUT2D eigenvalue weighted by Crippen LogP contribution is -2.41. The fourth-order valence-corrected chi connectivity index (χ4v) is 3.46. The Bertz CT molecular complexity index is 589. The molecule has 0 saturated carbocycles. The third-order valence-electron chi connectivity index (χ3n) is 3.65. The van der Waals surface area contributed by atoms with Gasteiger partial charge < -0.3 is 9.84 Å². The van der Waals surface area contributed by atoms with Gasteiger partial charge in [-0.3, -0.25) is 4.98 Å². The standard InChI is InChI=1S/C14H22N2O4S/c1-11-5-6-14(13(9-17)15-11)20-10-12-4-3-7-16(8-12)21(2,18)19/h5-6,12,17H,3-4,7-10H2,1-2H3. The van der Waals surface area contributed by atoms with Crippen LogP contribution in [0.1, 0.15) is 24.2 Å². The first kappa shape index (κ1) is 16.2. The highest BCUT2D eigenvalue weighted by Gasteiger charge is 2.26. The Balaban J connectivity index is 1.97. The quantitative estimate of drug-likeness (QED) is 0.874. The Morgan fingerprint density at radius 3 is 2.90 bits per heavy atom. The second kappa shape index (κ2) is 6.72. The molecule has 1 aliphatic heterocycles. The van der Waals surface area contributed by atoms with E-state index in [2.05, 4.69) is 4.98 Å². The van der Waals surface area contributed by atoms with Crippen molar-refractivity contribution >= 4 is 10.0 Å². The summed E-state index contributed by atoms with van der Waals surface area (Å²) in [5, 5.41) is 9.30. The summed E-state index contributed by atoms with van der Waals surface area (Å²) in [5.74, 6) is 0.737. The van der Waals surface area contributed by atoms with Crippen LogP contribution >= 0.6 is 0 Å². The Hall–Kier alpha value is -1.18. The van der Waals surface area contributed by atoms with Crippen molar-refractivity contribution < 1.29 is 18.3 Å². The number of aliphatic hydroxyl groups is 1. The van der Waals surface area contributed by atoms with Gasteiger partial charge in [-0.25, -0.2) is 12.7 Å². The van der Waals surface area contributed by atoms with Crippen LogP contribution in [0, 0.1) is 12.8 Å². The molecule has 1 fully saturated rings. The number of aliphatic hydroxyl groups excluding tert-OH is 1. The third-order valence-corrected chi connectivity index (χ3v) is 4.92. The van der Waals surface area contributed by atoms with Gasteiger partial charge in [0.2, 0.25) is 10.0 Å². The second-order valence-corrected chi connectivity index (χ2v) is 7.48. The van der Waals surface area contributed by atoms with Crippen LogP contribution in [0.15, 0.2) is 12.1 Å². The first-order valence-corrected chi connectivity index (χ1v) is 8.90. The molecule has 2 rings (SSSR count). The number of piperidine rings is 1. The maximum absolute atomic E-state index is 11.6. The molecule has 1 aliphatic rings. The van der Waals surface area contributed by atoms with E-state index in [9.17, 15) is 13.5 Å². The van der Waals surface area contributed by atoms with Gasteiger partial charge in [0, 0.05) is 24.7 Å². The summed E-state index contributed by atoms with van der Waals surface area (Å²) in [5.41, 5.74) is 1.35. The molecule has 1 atom stereocenters. The van der Waals surface area contributed by atoms with Crippen LogP contribution < -0.4 is 4.74 Å². The monoisotopic (exact) mass is 314 g/mol. The molecule has 0 aromatic carbocycles. The van der Waals surface area contributed by atoms with Crippen LogP contribution in [0.5, 0.6) is 5.75 Å². The van der Waals surface area contributed by atoms with E-state index in [4.69, 9.17) is 4.74 Å². The zero-order valence-electron chi connectivity index (χ0n) is 12.4. The van der Waals surface area contributed by atoms with Crippen LogP contribution in [-0.4, -0.2) is 48.8 Å². The van der Waals surface area contributed by atoms with Crippen molar-refractivity contribution in [1.82, 2.24) is 9.29 Å². The number of ether oxygens (including phenoxy) is 1. The summed E-state index contributed by atoms with van der Waals surface area (Å²) >= 11 is 0. The summed E-state index contributed by atoms with van der Waals surface area (Å²) in [6.45, 7) is 3.20. The Labute approximate surface area is 125 Å². The molecular formula is C14H22N2O4S. The molecule has 1 aromatic rings. The largest absolute Gasteiger partial charge is 0.491 e. The maximum Gasteiger partial charge on any atom is 0.211 e. The number of aromatic nitrogens is 1. The molecule has 7 heteroatoms. The lowest BCUT2D eigenvalue weighted by atomic mass is 10.0. The van der Waals surface area contributed by atoms with Gasteiger partial charge in [-0.05, 0) is 31.9 Å². The van der Waals surface area contributed by atoms with Gasteiger partial charge in [-0.2, -0.15) is 0 Å². The minimum Gasteiger partial charge on any atom is -0.491 e. The number of hydrogen-bond donors (Lipinski definition) is 1. The number of hydrogen-bond acceptors (Lipinski definition) is 5. The van der Waals surface area contributed by atoms with E-state index >= 15 is 0 Å². The molecule has 0 amide bonds. The van der Waals surface area contributed by atoms with E-state index < -0.39 is 10.0 Å². The summed E-state index contributed by atoms with van der Waals surface area (Å²) < 4.78 is 30.4. The summed E-state index contributed by atoms with van der Waals surface area (Å²) in [4.78, 5) is 4.23. The van der Waals surface area contributed by atoms with E-state index in [1.165, 1.54) is 10.6 Å². The van der Waals surface area contributed by atoms with Crippen molar-refractivity contribution in [3.05, 3.63) is 23.5 Å². The molecule has 1 saturated heterocycles. The fraction of sp³-hybridized carbons (Fsp3) is 0.643. The van der Waals surface area contributed by atoms with Gasteiger partial charge in [0.15, 0.2) is 0 Å². The Morgan fingerprint density at radius 1 is 1.48 bits per heavy atom. The van der Waals surface area contributed by atoms with Crippen LogP contribution in [0.2, 0.25) is 0 Å². The SMILES string of the molecule is Cc1ccc(OCC2CCCN(S(C)(=O)=O)C2)c(CO)n1. The highest BCUT2D eigenvalue weighted by Crippen LogP contribution is 2.22. The first-order valence-electron chi connectivity index (χ1n) is 7.05. The van der Waals surface area contributed by atoms with Gasteiger partial charge in [0.05, 0.1) is 19.5 Å². The molecule has 6 nitrogen and oxygen atoms in total. The maximum atomic E-state index is 11.6. The lowest BCUT2D eigenvalue weighted by Gasteiger charge is -2.30. The van der Waals surface area contributed by atoms with Crippen LogP contribution in [-0.2, 0) is 16.6 Å². The average Bonchev–Trinajstić information content (AvgIpc) is 2.45. The van der Waals surface area contributed by atoms with Crippen molar-refractivity contribution in [1.29, 1.82) is 0 Å². The van der Waals surface area contributed by atoms with Crippen molar-refractivity contribution in [2.75, 3.05) is 26.0 Å². The van der Waals surface area contributed by atoms with Crippen LogP contribution in [0.4, 0.5) is 0 Å². The first-order chi connectivity index (χ1) is 9.90. The molecule has 1 N–H and O–H groups in total. The Morgan fingerprint density at radius 2 is 2.24 bits per heavy atom. The summed E-state index contributed by atoms with van der Waals surface area (Å²) in [7, 11) is -3.13. The molecule has 21 heavy (non-hydrogen) atoms. The topological polar surface area (TPSA) is 79.7 Å². The predicted octanol–water partition coefficient (Wildman–Crippen LogP) is 0.933. The minimum absolute atomic E-state index is 0.168. The van der Waals surface area contributed by atoms with E-state index in [-0.39, 0.29) is 12.5 Å². The molecule has 2 heterocycles. The van der Waals surface area contributed by atoms with Gasteiger partial charge in [-0.15, -0.1) is 0 Å². The molecule has 1 aromatic heterocycles. The van der Waals surface area contributed by atoms with Crippen molar-refractivity contribution in [3.8, 4) is 5.75 Å². The number of pyridine rings is 1. The zero-order valence-corrected chi connectivity index (χ0v) is 13.3. The fourth-order valence-electron chi connectivity index (χ4n) is 2.51. The zero-order chi connectivity index (χ0) is 15.5. The number of nitrogens with zero attached hydrogens (tertiary/aromatic N) is 2. The molecule has 0 radical (unpaired) electrons. The molecule has 118 valence electrons. The van der Waals surface area contributed by atoms with Crippen molar-refractivity contribution in [2.45, 2.75) is 26.4 Å². The normalized spacial score (nSPS) is 20.4. The van der Waals surface area contributed by atoms with Crippen molar-refractivity contribution in [3.63, 3.8) is 0 Å². The summed E-state index contributed by atoms with van der Waals surface area (Å²) in [6, 6.07) is 3.63. The average molecular weight is 314 g/mol. The Kier molecular flexibility index (Phi) is 5.18. The molecule has 0 aliphatic carbocycles. The number of sulfonamides is 1. The van der Waals surface area contributed by atoms with E-state index in [1.807, 2.05) is 13.0 Å². The predicted molar refractivity (Wildman–Crippen MR) is 79.5 cm³/mol. The molecule has 0 bridgehead atoms.